The molecule has 0 radical (unpaired) electrons. The van der Waals surface area contributed by atoms with Crippen LogP contribution in [0.3, 0.4) is 0 Å². The normalized spacial score (nSPS) is 14.5. The van der Waals surface area contributed by atoms with Crippen molar-refractivity contribution in [2.45, 2.75) is 39.3 Å². The molecule has 2 N–H and O–H groups in total. The van der Waals surface area contributed by atoms with Crippen LogP contribution in [0, 0.1) is 18.6 Å². The Balaban J connectivity index is 1.12. The van der Waals surface area contributed by atoms with Gasteiger partial charge >= 0.3 is 0 Å². The number of nitrogens with one attached hydrogen (secondary N) is 2. The Bertz CT molecular complexity index is 1830. The Labute approximate surface area is 231 Å². The topological polar surface area (TPSA) is 105 Å². The van der Waals surface area contributed by atoms with E-state index in [1.165, 1.54) is 36.9 Å². The zero-order valence-corrected chi connectivity index (χ0v) is 22.5. The van der Waals surface area contributed by atoms with E-state index in [-0.39, 0.29) is 12.1 Å². The van der Waals surface area contributed by atoms with Gasteiger partial charge in [-0.25, -0.2) is 23.7 Å². The van der Waals surface area contributed by atoms with Crippen molar-refractivity contribution in [2.75, 3.05) is 18.4 Å². The van der Waals surface area contributed by atoms with E-state index in [4.69, 9.17) is 4.98 Å². The lowest BCUT2D eigenvalue weighted by Crippen LogP contribution is -2.29. The molecule has 0 amide bonds. The number of piperidine rings is 1. The van der Waals surface area contributed by atoms with Crippen LogP contribution in [-0.2, 0) is 13.1 Å². The molecule has 13 heteroatoms. The molecule has 1 fully saturated rings. The molecule has 6 aromatic rings. The molecule has 10 nitrogen and oxygen atoms in total. The lowest BCUT2D eigenvalue weighted by molar-refractivity contribution is 0.219. The lowest BCUT2D eigenvalue weighted by Gasteiger charge is -2.25. The molecular weight excluding hydrogens is 534 g/mol. The van der Waals surface area contributed by atoms with Crippen LogP contribution < -0.4 is 5.32 Å². The monoisotopic (exact) mass is 560 g/mol. The summed E-state index contributed by atoms with van der Waals surface area (Å²) < 4.78 is 36.0. The van der Waals surface area contributed by atoms with Gasteiger partial charge in [-0.2, -0.15) is 9.47 Å². The van der Waals surface area contributed by atoms with E-state index in [0.717, 1.165) is 53.3 Å². The molecule has 5 aromatic heterocycles. The van der Waals surface area contributed by atoms with Gasteiger partial charge in [0.25, 0.3) is 0 Å². The van der Waals surface area contributed by atoms with Crippen LogP contribution in [0.25, 0.3) is 27.9 Å². The minimum Gasteiger partial charge on any atom is -0.340 e. The Morgan fingerprint density at radius 1 is 1.05 bits per heavy atom. The maximum Gasteiger partial charge on any atom is 0.186 e. The standard InChI is InChI=1S/C27H26F2N10S/c1-16-12-39-21(17-10-31-38(13-17)15-22-33-20-6-5-19(28)24(29)25(20)34-22)11-30-27(39)26(32-16)35-23-9-18(36-40-23)14-37-7-3-2-4-8-37/h5-6,9-13H,2-4,7-8,14-15H2,1H3,(H,32,35)(H,33,34). The number of nitrogens with zero attached hydrogens (tertiary/aromatic N) is 8. The van der Waals surface area contributed by atoms with Crippen molar-refractivity contribution >= 4 is 39.0 Å². The van der Waals surface area contributed by atoms with E-state index in [9.17, 15) is 8.78 Å². The smallest absolute Gasteiger partial charge is 0.186 e. The molecule has 0 spiro atoms. The molecule has 40 heavy (non-hydrogen) atoms. The number of aromatic nitrogens is 8. The van der Waals surface area contributed by atoms with E-state index >= 15 is 0 Å². The van der Waals surface area contributed by atoms with Crippen LogP contribution in [0.4, 0.5) is 19.6 Å². The third-order valence-electron chi connectivity index (χ3n) is 7.08. The number of fused-ring (bicyclic) bond motifs is 2. The maximum absolute atomic E-state index is 14.1. The van der Waals surface area contributed by atoms with Gasteiger partial charge in [0.05, 0.1) is 41.5 Å². The number of H-pyrrole nitrogens is 1. The number of hydrogen-bond acceptors (Lipinski definition) is 8. The van der Waals surface area contributed by atoms with Crippen LogP contribution in [-0.4, -0.2) is 56.5 Å². The summed E-state index contributed by atoms with van der Waals surface area (Å²) in [6.45, 7) is 5.34. The number of benzene rings is 1. The second kappa shape index (κ2) is 10.1. The van der Waals surface area contributed by atoms with Crippen molar-refractivity contribution in [1.29, 1.82) is 0 Å². The molecule has 0 unspecified atom stereocenters. The Morgan fingerprint density at radius 3 is 2.80 bits per heavy atom. The molecular formula is C27H26F2N10S. The van der Waals surface area contributed by atoms with Crippen LogP contribution in [0.2, 0.25) is 0 Å². The van der Waals surface area contributed by atoms with Crippen LogP contribution in [0.1, 0.15) is 36.5 Å². The van der Waals surface area contributed by atoms with Crippen LogP contribution >= 0.6 is 11.5 Å². The number of aromatic amines is 1. The average molecular weight is 561 g/mol. The van der Waals surface area contributed by atoms with Gasteiger partial charge in [-0.1, -0.05) is 6.42 Å². The van der Waals surface area contributed by atoms with Gasteiger partial charge in [0.1, 0.15) is 16.3 Å². The Morgan fingerprint density at radius 2 is 1.93 bits per heavy atom. The van der Waals surface area contributed by atoms with Crippen molar-refractivity contribution in [3.05, 3.63) is 71.8 Å². The fraction of sp³-hybridized carbons (Fsp3) is 0.296. The molecule has 1 aliphatic heterocycles. The number of anilines is 2. The maximum atomic E-state index is 14.1. The molecule has 204 valence electrons. The third kappa shape index (κ3) is 4.71. The number of likely N-dealkylation sites (tertiary alicyclic amines) is 1. The van der Waals surface area contributed by atoms with E-state index < -0.39 is 11.6 Å². The van der Waals surface area contributed by atoms with E-state index in [0.29, 0.717) is 22.8 Å². The highest BCUT2D eigenvalue weighted by Gasteiger charge is 2.17. The number of hydrogen-bond donors (Lipinski definition) is 2. The van der Waals surface area contributed by atoms with E-state index in [2.05, 4.69) is 40.7 Å². The van der Waals surface area contributed by atoms with Gasteiger partial charge in [-0.3, -0.25) is 14.0 Å². The van der Waals surface area contributed by atoms with Gasteiger partial charge in [0.15, 0.2) is 23.1 Å². The summed E-state index contributed by atoms with van der Waals surface area (Å²) in [7, 11) is 0. The van der Waals surface area contributed by atoms with Gasteiger partial charge in [-0.05, 0) is 62.6 Å². The Hall–Kier alpha value is -4.23. The predicted molar refractivity (Wildman–Crippen MR) is 149 cm³/mol. The summed E-state index contributed by atoms with van der Waals surface area (Å²) in [6.07, 6.45) is 11.2. The second-order valence-electron chi connectivity index (χ2n) is 10.1. The fourth-order valence-electron chi connectivity index (χ4n) is 5.19. The quantitative estimate of drug-likeness (QED) is 0.273. The molecule has 7 rings (SSSR count). The first kappa shape index (κ1) is 24.8. The Kier molecular flexibility index (Phi) is 6.24. The van der Waals surface area contributed by atoms with Gasteiger partial charge in [-0.15, -0.1) is 0 Å². The van der Waals surface area contributed by atoms with Crippen molar-refractivity contribution in [3.63, 3.8) is 0 Å². The average Bonchev–Trinajstić information content (AvgIpc) is 3.74. The SMILES string of the molecule is Cc1cn2c(-c3cnn(Cc4nc5c(F)c(F)ccc5[nH]4)c3)cnc2c(Nc2cc(CN3CCCCC3)ns2)n1. The summed E-state index contributed by atoms with van der Waals surface area (Å²) in [5, 5.41) is 8.80. The summed E-state index contributed by atoms with van der Waals surface area (Å²) in [4.78, 5) is 19.1. The third-order valence-corrected chi connectivity index (χ3v) is 7.83. The number of halogens is 2. The predicted octanol–water partition coefficient (Wildman–Crippen LogP) is 5.29. The molecule has 1 aromatic carbocycles. The summed E-state index contributed by atoms with van der Waals surface area (Å²) in [6, 6.07) is 4.65. The first-order valence-corrected chi connectivity index (χ1v) is 13.9. The second-order valence-corrected chi connectivity index (χ2v) is 10.9. The number of imidazole rings is 2. The highest BCUT2D eigenvalue weighted by Crippen LogP contribution is 2.28. The summed E-state index contributed by atoms with van der Waals surface area (Å²) in [5.74, 6) is -0.755. The van der Waals surface area contributed by atoms with Crippen molar-refractivity contribution < 1.29 is 8.78 Å². The molecule has 0 atom stereocenters. The molecule has 1 aliphatic rings. The molecule has 1 saturated heterocycles. The van der Waals surface area contributed by atoms with Crippen LogP contribution in [0.15, 0.2) is 43.0 Å². The van der Waals surface area contributed by atoms with Crippen molar-refractivity contribution in [3.8, 4) is 11.3 Å². The zero-order valence-electron chi connectivity index (χ0n) is 21.7. The minimum atomic E-state index is -0.961. The number of rotatable bonds is 7. The number of aryl methyl sites for hydroxylation is 1. The summed E-state index contributed by atoms with van der Waals surface area (Å²) in [5.41, 5.74) is 4.69. The summed E-state index contributed by atoms with van der Waals surface area (Å²) >= 11 is 1.43. The highest BCUT2D eigenvalue weighted by atomic mass is 32.1. The molecule has 0 bridgehead atoms. The highest BCUT2D eigenvalue weighted by molar-refractivity contribution is 7.10. The van der Waals surface area contributed by atoms with E-state index in [1.54, 1.807) is 17.1 Å². The molecule has 0 saturated carbocycles. The lowest BCUT2D eigenvalue weighted by atomic mass is 10.1. The van der Waals surface area contributed by atoms with Crippen molar-refractivity contribution in [2.24, 2.45) is 0 Å². The van der Waals surface area contributed by atoms with E-state index in [1.807, 2.05) is 23.7 Å². The van der Waals surface area contributed by atoms with Crippen LogP contribution in [0.5, 0.6) is 0 Å². The zero-order chi connectivity index (χ0) is 27.2. The molecule has 0 aliphatic carbocycles. The van der Waals surface area contributed by atoms with Gasteiger partial charge < -0.3 is 10.3 Å². The first-order chi connectivity index (χ1) is 19.5. The van der Waals surface area contributed by atoms with Gasteiger partial charge in [0, 0.05) is 24.5 Å². The fourth-order valence-corrected chi connectivity index (χ4v) is 5.85. The van der Waals surface area contributed by atoms with Gasteiger partial charge in [0.2, 0.25) is 0 Å². The molecule has 6 heterocycles. The van der Waals surface area contributed by atoms with Crippen molar-refractivity contribution in [1.82, 2.24) is 43.4 Å². The first-order valence-electron chi connectivity index (χ1n) is 13.2. The largest absolute Gasteiger partial charge is 0.340 e. The minimum absolute atomic E-state index is 0.0216.